The first-order valence-electron chi connectivity index (χ1n) is 10.3. The van der Waals surface area contributed by atoms with Crippen LogP contribution in [0.2, 0.25) is 0 Å². The van der Waals surface area contributed by atoms with Gasteiger partial charge >= 0.3 is 11.9 Å². The SMILES string of the molecule is CCOC(=O)c1cc(C(=O)N=c2nc3ccccc3c3n2CCN3)cc(C(=O)OCC)c1. The van der Waals surface area contributed by atoms with Gasteiger partial charge in [0, 0.05) is 24.0 Å². The number of fused-ring (bicyclic) bond motifs is 3. The number of carbonyl (C=O) groups excluding carboxylic acids is 3. The largest absolute Gasteiger partial charge is 0.462 e. The smallest absolute Gasteiger partial charge is 0.338 e. The van der Waals surface area contributed by atoms with Gasteiger partial charge in [0.2, 0.25) is 5.62 Å². The van der Waals surface area contributed by atoms with Gasteiger partial charge in [0.05, 0.1) is 29.9 Å². The van der Waals surface area contributed by atoms with Crippen molar-refractivity contribution in [3.63, 3.8) is 0 Å². The average Bonchev–Trinajstić information content (AvgIpc) is 3.30. The highest BCUT2D eigenvalue weighted by Gasteiger charge is 2.19. The number of ether oxygens (including phenoxy) is 2. The van der Waals surface area contributed by atoms with Gasteiger partial charge in [-0.3, -0.25) is 9.36 Å². The highest BCUT2D eigenvalue weighted by atomic mass is 16.5. The van der Waals surface area contributed by atoms with Crippen LogP contribution in [0.5, 0.6) is 0 Å². The van der Waals surface area contributed by atoms with E-state index in [4.69, 9.17) is 9.47 Å². The number of hydrogen-bond acceptors (Lipinski definition) is 7. The Morgan fingerprint density at radius 3 is 2.28 bits per heavy atom. The lowest BCUT2D eigenvalue weighted by atomic mass is 10.1. The van der Waals surface area contributed by atoms with E-state index in [-0.39, 0.29) is 35.5 Å². The van der Waals surface area contributed by atoms with Crippen molar-refractivity contribution in [3.05, 3.63) is 64.8 Å². The molecule has 0 saturated carbocycles. The number of amides is 1. The molecule has 1 aliphatic rings. The molecule has 2 aromatic carbocycles. The van der Waals surface area contributed by atoms with Crippen LogP contribution in [0.4, 0.5) is 5.82 Å². The standard InChI is InChI=1S/C23H22N4O5/c1-3-31-21(29)15-11-14(12-16(13-15)22(30)32-4-2)20(28)26-23-25-18-8-6-5-7-17(18)19-24-9-10-27(19)23/h5-8,11-13,24H,3-4,9-10H2,1-2H3. The van der Waals surface area contributed by atoms with E-state index in [1.54, 1.807) is 13.8 Å². The van der Waals surface area contributed by atoms with Gasteiger partial charge in [0.25, 0.3) is 5.91 Å². The number of hydrogen-bond donors (Lipinski definition) is 1. The van der Waals surface area contributed by atoms with Gasteiger partial charge in [-0.05, 0) is 44.2 Å². The molecular weight excluding hydrogens is 412 g/mol. The van der Waals surface area contributed by atoms with Crippen LogP contribution in [-0.2, 0) is 16.0 Å². The van der Waals surface area contributed by atoms with E-state index in [1.807, 2.05) is 28.8 Å². The van der Waals surface area contributed by atoms with Crippen LogP contribution in [0, 0.1) is 0 Å². The zero-order valence-corrected chi connectivity index (χ0v) is 17.8. The third-order valence-corrected chi connectivity index (χ3v) is 4.92. The number of rotatable bonds is 5. The Hall–Kier alpha value is -4.01. The minimum atomic E-state index is -0.643. The third-order valence-electron chi connectivity index (χ3n) is 4.92. The van der Waals surface area contributed by atoms with Crippen molar-refractivity contribution < 1.29 is 23.9 Å². The van der Waals surface area contributed by atoms with Gasteiger partial charge < -0.3 is 14.8 Å². The molecule has 32 heavy (non-hydrogen) atoms. The predicted molar refractivity (Wildman–Crippen MR) is 116 cm³/mol. The summed E-state index contributed by atoms with van der Waals surface area (Å²) < 4.78 is 11.9. The molecule has 0 aliphatic carbocycles. The van der Waals surface area contributed by atoms with Gasteiger partial charge in [-0.1, -0.05) is 12.1 Å². The Morgan fingerprint density at radius 1 is 1.00 bits per heavy atom. The Morgan fingerprint density at radius 2 is 1.62 bits per heavy atom. The molecule has 0 bridgehead atoms. The van der Waals surface area contributed by atoms with Gasteiger partial charge in [0.1, 0.15) is 5.82 Å². The topological polar surface area (TPSA) is 112 Å². The minimum absolute atomic E-state index is 0.0638. The lowest BCUT2D eigenvalue weighted by Gasteiger charge is -2.09. The maximum Gasteiger partial charge on any atom is 0.338 e. The fourth-order valence-electron chi connectivity index (χ4n) is 3.53. The van der Waals surface area contributed by atoms with Crippen molar-refractivity contribution in [1.29, 1.82) is 0 Å². The summed E-state index contributed by atoms with van der Waals surface area (Å²) in [4.78, 5) is 46.4. The molecular formula is C23H22N4O5. The molecule has 1 aromatic heterocycles. The summed E-state index contributed by atoms with van der Waals surface area (Å²) in [7, 11) is 0. The lowest BCUT2D eigenvalue weighted by Crippen LogP contribution is -2.25. The molecule has 9 heteroatoms. The Labute approximate surface area is 183 Å². The van der Waals surface area contributed by atoms with E-state index in [9.17, 15) is 14.4 Å². The molecule has 0 saturated heterocycles. The zero-order valence-electron chi connectivity index (χ0n) is 17.8. The number of benzene rings is 2. The van der Waals surface area contributed by atoms with E-state index in [0.717, 1.165) is 11.2 Å². The van der Waals surface area contributed by atoms with Crippen molar-refractivity contribution in [2.75, 3.05) is 25.1 Å². The molecule has 0 atom stereocenters. The molecule has 3 aromatic rings. The van der Waals surface area contributed by atoms with Crippen molar-refractivity contribution >= 4 is 34.6 Å². The summed E-state index contributed by atoms with van der Waals surface area (Å²) >= 11 is 0. The van der Waals surface area contributed by atoms with E-state index in [1.165, 1.54) is 18.2 Å². The number of aromatic nitrogens is 2. The number of esters is 2. The minimum Gasteiger partial charge on any atom is -0.462 e. The van der Waals surface area contributed by atoms with Crippen LogP contribution in [0.15, 0.2) is 47.5 Å². The van der Waals surface area contributed by atoms with E-state index in [2.05, 4.69) is 15.3 Å². The van der Waals surface area contributed by atoms with Gasteiger partial charge in [-0.25, -0.2) is 14.6 Å². The first-order valence-corrected chi connectivity index (χ1v) is 10.3. The zero-order chi connectivity index (χ0) is 22.7. The van der Waals surface area contributed by atoms with E-state index >= 15 is 0 Å². The summed E-state index contributed by atoms with van der Waals surface area (Å²) in [6.07, 6.45) is 0. The van der Waals surface area contributed by atoms with Crippen molar-refractivity contribution in [2.45, 2.75) is 20.4 Å². The van der Waals surface area contributed by atoms with Crippen molar-refractivity contribution in [3.8, 4) is 0 Å². The molecule has 0 fully saturated rings. The van der Waals surface area contributed by atoms with E-state index in [0.29, 0.717) is 18.6 Å². The summed E-state index contributed by atoms with van der Waals surface area (Å²) in [6, 6.07) is 11.6. The maximum atomic E-state index is 13.1. The first-order chi connectivity index (χ1) is 15.5. The lowest BCUT2D eigenvalue weighted by molar-refractivity contribution is 0.0525. The van der Waals surface area contributed by atoms with Crippen LogP contribution >= 0.6 is 0 Å². The van der Waals surface area contributed by atoms with Crippen LogP contribution in [0.25, 0.3) is 10.9 Å². The van der Waals surface area contributed by atoms with Crippen LogP contribution in [-0.4, -0.2) is 47.2 Å². The van der Waals surface area contributed by atoms with Gasteiger partial charge in [-0.2, -0.15) is 4.99 Å². The Bertz CT molecular complexity index is 1260. The summed E-state index contributed by atoms with van der Waals surface area (Å²) in [5.74, 6) is -1.08. The summed E-state index contributed by atoms with van der Waals surface area (Å²) in [5, 5.41) is 4.24. The van der Waals surface area contributed by atoms with Crippen molar-refractivity contribution in [2.24, 2.45) is 4.99 Å². The predicted octanol–water partition coefficient (Wildman–Crippen LogP) is 2.56. The third kappa shape index (κ3) is 4.09. The van der Waals surface area contributed by atoms with Gasteiger partial charge in [0.15, 0.2) is 0 Å². The first kappa shape index (κ1) is 21.2. The highest BCUT2D eigenvalue weighted by molar-refractivity contribution is 6.02. The second-order valence-corrected chi connectivity index (χ2v) is 7.01. The molecule has 0 unspecified atom stereocenters. The molecule has 1 amide bonds. The fraction of sp³-hybridized carbons (Fsp3) is 0.261. The average molecular weight is 434 g/mol. The summed E-state index contributed by atoms with van der Waals surface area (Å²) in [5.41, 5.74) is 1.15. The molecule has 0 radical (unpaired) electrons. The molecule has 9 nitrogen and oxygen atoms in total. The number of nitrogens with one attached hydrogen (secondary N) is 1. The second-order valence-electron chi connectivity index (χ2n) is 7.01. The Kier molecular flexibility index (Phi) is 5.98. The molecule has 164 valence electrons. The number of nitrogens with zero attached hydrogens (tertiary/aromatic N) is 3. The fourth-order valence-corrected chi connectivity index (χ4v) is 3.53. The second kappa shape index (κ2) is 9.01. The van der Waals surface area contributed by atoms with Crippen LogP contribution < -0.4 is 10.9 Å². The van der Waals surface area contributed by atoms with Crippen LogP contribution in [0.3, 0.4) is 0 Å². The van der Waals surface area contributed by atoms with Gasteiger partial charge in [-0.15, -0.1) is 0 Å². The van der Waals surface area contributed by atoms with Crippen molar-refractivity contribution in [1.82, 2.24) is 9.55 Å². The molecule has 0 spiro atoms. The normalized spacial score (nSPS) is 12.9. The molecule has 2 heterocycles. The Balaban J connectivity index is 1.82. The molecule has 1 aliphatic heterocycles. The summed E-state index contributed by atoms with van der Waals surface area (Å²) in [6.45, 7) is 4.96. The number of anilines is 1. The maximum absolute atomic E-state index is 13.1. The highest BCUT2D eigenvalue weighted by Crippen LogP contribution is 2.22. The number of carbonyl (C=O) groups is 3. The molecule has 1 N–H and O–H groups in total. The van der Waals surface area contributed by atoms with Crippen LogP contribution in [0.1, 0.15) is 44.9 Å². The molecule has 4 rings (SSSR count). The number of para-hydroxylation sites is 1. The van der Waals surface area contributed by atoms with E-state index < -0.39 is 17.8 Å². The monoisotopic (exact) mass is 434 g/mol. The quantitative estimate of drug-likeness (QED) is 0.614.